The summed E-state index contributed by atoms with van der Waals surface area (Å²) in [5.41, 5.74) is 3.98. The van der Waals surface area contributed by atoms with E-state index >= 15 is 0 Å². The van der Waals surface area contributed by atoms with Crippen LogP contribution in [0.1, 0.15) is 64.5 Å². The van der Waals surface area contributed by atoms with Crippen LogP contribution >= 0.6 is 0 Å². The molecule has 5 rings (SSSR count). The lowest BCUT2D eigenvalue weighted by Gasteiger charge is -2.33. The van der Waals surface area contributed by atoms with Crippen molar-refractivity contribution in [1.82, 2.24) is 0 Å². The van der Waals surface area contributed by atoms with Gasteiger partial charge in [-0.3, -0.25) is 14.1 Å². The predicted octanol–water partition coefficient (Wildman–Crippen LogP) is 4.39. The summed E-state index contributed by atoms with van der Waals surface area (Å²) in [6, 6.07) is 12.4. The van der Waals surface area contributed by atoms with E-state index in [0.29, 0.717) is 42.8 Å². The van der Waals surface area contributed by atoms with E-state index < -0.39 is 26.9 Å². The van der Waals surface area contributed by atoms with E-state index in [1.807, 2.05) is 54.6 Å². The average molecular weight is 605 g/mol. The Bertz CT molecular complexity index is 1790. The number of aliphatic carboxylic acids is 1. The predicted molar refractivity (Wildman–Crippen MR) is 161 cm³/mol. The molecule has 9 nitrogen and oxygen atoms in total. The number of nitrogens with zero attached hydrogens (tertiary/aromatic N) is 2. The van der Waals surface area contributed by atoms with Crippen molar-refractivity contribution in [3.05, 3.63) is 88.3 Å². The molecule has 0 aromatic heterocycles. The van der Waals surface area contributed by atoms with Gasteiger partial charge < -0.3 is 15.1 Å². The molecule has 0 saturated carbocycles. The average Bonchev–Trinajstić information content (AvgIpc) is 3.27. The SMILES string of the molecule is C[N+]1=C(/C=C2/C(=O)C(/C=C3/N(CCCCCC(=O)O)c4ccc(S(=O)(=O)O)cc4C3(C)C)=C2[O-])C(C)(C)c2ccccc21. The second-order valence-corrected chi connectivity index (χ2v) is 13.8. The van der Waals surface area contributed by atoms with Crippen LogP contribution in [0.15, 0.2) is 82.1 Å². The van der Waals surface area contributed by atoms with Crippen LogP contribution in [0, 0.1) is 0 Å². The minimum Gasteiger partial charge on any atom is -0.871 e. The maximum Gasteiger partial charge on any atom is 0.303 e. The number of allylic oxidation sites excluding steroid dienone is 5. The quantitative estimate of drug-likeness (QED) is 0.186. The first-order chi connectivity index (χ1) is 20.1. The third kappa shape index (κ3) is 5.12. The van der Waals surface area contributed by atoms with Crippen LogP contribution in [0.25, 0.3) is 0 Å². The number of unbranched alkanes of at least 4 members (excludes halogenated alkanes) is 2. The summed E-state index contributed by atoms with van der Waals surface area (Å²) in [6.45, 7) is 8.36. The summed E-state index contributed by atoms with van der Waals surface area (Å²) < 4.78 is 35.5. The Hall–Kier alpha value is -4.02. The third-order valence-corrected chi connectivity index (χ3v) is 9.76. The standard InChI is InChI=1S/C33H36N2O7S/c1-32(2)23-11-8-9-12-25(23)34(5)27(32)18-21-30(38)22(31(21)39)19-28-33(3,4)24-17-20(43(40,41)42)14-15-26(24)35(28)16-10-6-7-13-29(36)37/h8-9,11-12,14-15,17-19H,6-7,10,13,16H2,1-5H3,(H2-,36,37,38,39,40,41,42). The fourth-order valence-corrected chi connectivity index (χ4v) is 6.97. The maximum absolute atomic E-state index is 13.5. The fraction of sp³-hybridized carbons (Fsp3) is 0.364. The molecule has 0 bridgehead atoms. The van der Waals surface area contributed by atoms with Gasteiger partial charge in [-0.25, -0.2) is 0 Å². The molecule has 2 aromatic carbocycles. The van der Waals surface area contributed by atoms with Gasteiger partial charge in [-0.05, 0) is 56.5 Å². The number of carbonyl (C=O) groups is 2. The van der Waals surface area contributed by atoms with Gasteiger partial charge in [0.05, 0.1) is 10.3 Å². The molecule has 10 heteroatoms. The largest absolute Gasteiger partial charge is 0.871 e. The Kier molecular flexibility index (Phi) is 7.51. The highest BCUT2D eigenvalue weighted by molar-refractivity contribution is 7.85. The maximum atomic E-state index is 13.5. The fourth-order valence-electron chi connectivity index (χ4n) is 6.47. The van der Waals surface area contributed by atoms with Gasteiger partial charge in [0.25, 0.3) is 10.1 Å². The number of anilines is 1. The van der Waals surface area contributed by atoms with Crippen molar-refractivity contribution in [1.29, 1.82) is 0 Å². The molecule has 2 aromatic rings. The first-order valence-electron chi connectivity index (χ1n) is 14.3. The molecule has 43 heavy (non-hydrogen) atoms. The van der Waals surface area contributed by atoms with E-state index in [0.717, 1.165) is 17.0 Å². The normalized spacial score (nSPS) is 20.6. The molecular weight excluding hydrogens is 568 g/mol. The summed E-state index contributed by atoms with van der Waals surface area (Å²) in [5, 5.41) is 22.5. The molecule has 0 amide bonds. The van der Waals surface area contributed by atoms with E-state index in [4.69, 9.17) is 5.11 Å². The topological polar surface area (TPSA) is 138 Å². The van der Waals surface area contributed by atoms with Gasteiger partial charge in [0.1, 0.15) is 7.05 Å². The number of rotatable bonds is 9. The lowest BCUT2D eigenvalue weighted by Crippen LogP contribution is -2.35. The van der Waals surface area contributed by atoms with Crippen molar-refractivity contribution in [3.63, 3.8) is 0 Å². The molecule has 1 aliphatic carbocycles. The number of carboxylic acids is 1. The summed E-state index contributed by atoms with van der Waals surface area (Å²) in [6.07, 6.45) is 5.17. The monoisotopic (exact) mass is 604 g/mol. The number of Topliss-reactive ketones (excluding diaryl/α,β-unsaturated/α-hetero) is 1. The van der Waals surface area contributed by atoms with Crippen LogP contribution in [-0.2, 0) is 30.5 Å². The number of carboxylic acid groups (broad SMARTS) is 1. The molecule has 2 heterocycles. The van der Waals surface area contributed by atoms with E-state index in [-0.39, 0.29) is 34.0 Å². The van der Waals surface area contributed by atoms with Crippen molar-refractivity contribution in [2.24, 2.45) is 0 Å². The highest BCUT2D eigenvalue weighted by atomic mass is 32.2. The Morgan fingerprint density at radius 1 is 1.00 bits per heavy atom. The second-order valence-electron chi connectivity index (χ2n) is 12.4. The lowest BCUT2D eigenvalue weighted by atomic mass is 9.77. The van der Waals surface area contributed by atoms with Gasteiger partial charge in [0.15, 0.2) is 11.5 Å². The third-order valence-electron chi connectivity index (χ3n) is 8.91. The van der Waals surface area contributed by atoms with E-state index in [9.17, 15) is 27.7 Å². The molecule has 0 fully saturated rings. The van der Waals surface area contributed by atoms with Gasteiger partial charge in [-0.2, -0.15) is 13.0 Å². The van der Waals surface area contributed by atoms with E-state index in [2.05, 4.69) is 13.8 Å². The zero-order valence-electron chi connectivity index (χ0n) is 25.0. The van der Waals surface area contributed by atoms with Crippen LogP contribution in [0.2, 0.25) is 0 Å². The summed E-state index contributed by atoms with van der Waals surface area (Å²) in [4.78, 5) is 26.1. The van der Waals surface area contributed by atoms with Crippen LogP contribution < -0.4 is 10.0 Å². The van der Waals surface area contributed by atoms with Gasteiger partial charge in [0, 0.05) is 58.6 Å². The van der Waals surface area contributed by atoms with Crippen LogP contribution in [0.4, 0.5) is 11.4 Å². The number of benzene rings is 2. The molecular formula is C33H36N2O7S. The van der Waals surface area contributed by atoms with Crippen molar-refractivity contribution >= 4 is 39.0 Å². The van der Waals surface area contributed by atoms with Gasteiger partial charge in [0.2, 0.25) is 5.69 Å². The van der Waals surface area contributed by atoms with E-state index in [1.165, 1.54) is 12.1 Å². The van der Waals surface area contributed by atoms with Crippen molar-refractivity contribution < 1.29 is 37.3 Å². The Morgan fingerprint density at radius 3 is 2.33 bits per heavy atom. The Balaban J connectivity index is 1.53. The van der Waals surface area contributed by atoms with Crippen molar-refractivity contribution in [2.45, 2.75) is 69.1 Å². The number of carbonyl (C=O) groups excluding carboxylic acids is 1. The molecule has 2 aliphatic heterocycles. The van der Waals surface area contributed by atoms with Crippen molar-refractivity contribution in [3.8, 4) is 0 Å². The van der Waals surface area contributed by atoms with Crippen LogP contribution in [0.3, 0.4) is 0 Å². The minimum absolute atomic E-state index is 0.0598. The number of hydrogen-bond acceptors (Lipinski definition) is 6. The molecule has 2 N–H and O–H groups in total. The first kappa shape index (κ1) is 30.4. The molecule has 0 unspecified atom stereocenters. The van der Waals surface area contributed by atoms with Crippen molar-refractivity contribution in [2.75, 3.05) is 18.5 Å². The molecule has 0 spiro atoms. The Morgan fingerprint density at radius 2 is 1.70 bits per heavy atom. The Labute approximate surface area is 251 Å². The second kappa shape index (κ2) is 10.6. The molecule has 3 aliphatic rings. The molecule has 226 valence electrons. The molecule has 0 radical (unpaired) electrons. The van der Waals surface area contributed by atoms with Gasteiger partial charge in [-0.15, -0.1) is 0 Å². The summed E-state index contributed by atoms with van der Waals surface area (Å²) in [5.74, 6) is -1.56. The summed E-state index contributed by atoms with van der Waals surface area (Å²) >= 11 is 0. The molecule has 0 atom stereocenters. The zero-order valence-corrected chi connectivity index (χ0v) is 25.8. The highest BCUT2D eigenvalue weighted by Gasteiger charge is 2.45. The number of para-hydroxylation sites is 1. The number of ketones is 1. The van der Waals surface area contributed by atoms with Gasteiger partial charge >= 0.3 is 5.97 Å². The highest BCUT2D eigenvalue weighted by Crippen LogP contribution is 2.50. The number of hydrogen-bond donors (Lipinski definition) is 2. The number of fused-ring (bicyclic) bond motifs is 2. The smallest absolute Gasteiger partial charge is 0.303 e. The van der Waals surface area contributed by atoms with Crippen LogP contribution in [-0.4, -0.2) is 53.7 Å². The zero-order chi connectivity index (χ0) is 31.5. The minimum atomic E-state index is -4.45. The first-order valence-corrected chi connectivity index (χ1v) is 15.7. The molecule has 0 saturated heterocycles. The summed E-state index contributed by atoms with van der Waals surface area (Å²) in [7, 11) is -2.53. The van der Waals surface area contributed by atoms with E-state index in [1.54, 1.807) is 18.2 Å². The lowest BCUT2D eigenvalue weighted by molar-refractivity contribution is -0.401. The van der Waals surface area contributed by atoms with Crippen LogP contribution in [0.5, 0.6) is 0 Å². The van der Waals surface area contributed by atoms with Gasteiger partial charge in [-0.1, -0.05) is 44.2 Å².